The van der Waals surface area contributed by atoms with Gasteiger partial charge in [0.1, 0.15) is 12.2 Å². The summed E-state index contributed by atoms with van der Waals surface area (Å²) < 4.78 is 7.85. The summed E-state index contributed by atoms with van der Waals surface area (Å²) in [6.45, 7) is 5.43. The van der Waals surface area contributed by atoms with Crippen molar-refractivity contribution in [1.29, 1.82) is 0 Å². The van der Waals surface area contributed by atoms with Crippen LogP contribution in [-0.2, 0) is 17.7 Å². The van der Waals surface area contributed by atoms with Crippen LogP contribution in [-0.4, -0.2) is 52.6 Å². The lowest BCUT2D eigenvalue weighted by Crippen LogP contribution is -2.46. The van der Waals surface area contributed by atoms with Crippen molar-refractivity contribution in [2.45, 2.75) is 70.6 Å². The summed E-state index contributed by atoms with van der Waals surface area (Å²) >= 11 is 0. The molecule has 7 heteroatoms. The van der Waals surface area contributed by atoms with Crippen molar-refractivity contribution in [1.82, 2.24) is 25.4 Å². The molecule has 2 bridgehead atoms. The van der Waals surface area contributed by atoms with E-state index >= 15 is 0 Å². The highest BCUT2D eigenvalue weighted by molar-refractivity contribution is 5.80. The maximum atomic E-state index is 5.73. The van der Waals surface area contributed by atoms with Crippen LogP contribution >= 0.6 is 0 Å². The average molecular weight is 361 g/mol. The monoisotopic (exact) mass is 360 g/mol. The van der Waals surface area contributed by atoms with E-state index in [2.05, 4.69) is 32.3 Å². The molecule has 1 aromatic heterocycles. The third-order valence-electron chi connectivity index (χ3n) is 6.19. The number of rotatable bonds is 7. The lowest BCUT2D eigenvalue weighted by molar-refractivity contribution is 0.117. The molecule has 0 amide bonds. The van der Waals surface area contributed by atoms with Crippen LogP contribution in [0.1, 0.15) is 51.3 Å². The first-order chi connectivity index (χ1) is 12.8. The van der Waals surface area contributed by atoms with E-state index in [0.717, 1.165) is 69.1 Å². The molecule has 2 aliphatic carbocycles. The SMILES string of the molecule is CCc1nncn1CCNC(=NCC1CCCO1)NC1CC2CCC1C2. The lowest BCUT2D eigenvalue weighted by atomic mass is 9.95. The second-order valence-corrected chi connectivity index (χ2v) is 7.97. The molecular formula is C19H32N6O. The van der Waals surface area contributed by atoms with E-state index in [1.165, 1.54) is 25.7 Å². The number of aryl methyl sites for hydroxylation is 1. The molecule has 4 atom stereocenters. The molecule has 3 fully saturated rings. The Morgan fingerprint density at radius 1 is 1.35 bits per heavy atom. The van der Waals surface area contributed by atoms with Gasteiger partial charge in [-0.1, -0.05) is 13.3 Å². The Bertz CT molecular complexity index is 609. The van der Waals surface area contributed by atoms with E-state index in [4.69, 9.17) is 9.73 Å². The fraction of sp³-hybridized carbons (Fsp3) is 0.842. The predicted molar refractivity (Wildman–Crippen MR) is 101 cm³/mol. The third-order valence-corrected chi connectivity index (χ3v) is 6.19. The van der Waals surface area contributed by atoms with Gasteiger partial charge < -0.3 is 19.9 Å². The molecule has 2 N–H and O–H groups in total. The fourth-order valence-electron chi connectivity index (χ4n) is 4.77. The molecule has 2 heterocycles. The van der Waals surface area contributed by atoms with E-state index < -0.39 is 0 Å². The van der Waals surface area contributed by atoms with Gasteiger partial charge in [-0.05, 0) is 43.9 Å². The summed E-state index contributed by atoms with van der Waals surface area (Å²) in [5, 5.41) is 15.4. The maximum Gasteiger partial charge on any atom is 0.191 e. The smallest absolute Gasteiger partial charge is 0.191 e. The van der Waals surface area contributed by atoms with Gasteiger partial charge in [0.25, 0.3) is 0 Å². The minimum atomic E-state index is 0.290. The van der Waals surface area contributed by atoms with Crippen molar-refractivity contribution in [3.05, 3.63) is 12.2 Å². The number of hydrogen-bond donors (Lipinski definition) is 2. The second kappa shape index (κ2) is 8.37. The zero-order chi connectivity index (χ0) is 17.8. The molecular weight excluding hydrogens is 328 g/mol. The number of aliphatic imine (C=N–C) groups is 1. The largest absolute Gasteiger partial charge is 0.376 e. The Morgan fingerprint density at radius 2 is 2.31 bits per heavy atom. The molecule has 1 aromatic rings. The molecule has 26 heavy (non-hydrogen) atoms. The molecule has 7 nitrogen and oxygen atoms in total. The summed E-state index contributed by atoms with van der Waals surface area (Å²) in [5.74, 6) is 3.75. The van der Waals surface area contributed by atoms with Crippen molar-refractivity contribution < 1.29 is 4.74 Å². The lowest BCUT2D eigenvalue weighted by Gasteiger charge is -2.25. The standard InChI is InChI=1S/C19H32N6O/c1-2-18-24-22-13-25(18)8-7-20-19(21-12-16-4-3-9-26-16)23-17-11-14-5-6-15(17)10-14/h13-17H,2-12H2,1H3,(H2,20,21,23). The normalized spacial score (nSPS) is 30.9. The number of hydrogen-bond acceptors (Lipinski definition) is 4. The number of aromatic nitrogens is 3. The highest BCUT2D eigenvalue weighted by Gasteiger charge is 2.39. The zero-order valence-corrected chi connectivity index (χ0v) is 15.9. The van der Waals surface area contributed by atoms with Crippen LogP contribution in [0.3, 0.4) is 0 Å². The number of nitrogens with zero attached hydrogens (tertiary/aromatic N) is 4. The van der Waals surface area contributed by atoms with Crippen LogP contribution in [0.5, 0.6) is 0 Å². The first kappa shape index (κ1) is 17.8. The van der Waals surface area contributed by atoms with E-state index in [1.807, 2.05) is 6.33 Å². The number of guanidine groups is 1. The molecule has 3 aliphatic rings. The molecule has 0 spiro atoms. The molecule has 1 saturated heterocycles. The van der Waals surface area contributed by atoms with Crippen LogP contribution in [0, 0.1) is 11.8 Å². The van der Waals surface area contributed by atoms with E-state index in [-0.39, 0.29) is 6.10 Å². The molecule has 1 aliphatic heterocycles. The van der Waals surface area contributed by atoms with Gasteiger partial charge in [0.15, 0.2) is 5.96 Å². The summed E-state index contributed by atoms with van der Waals surface area (Å²) in [7, 11) is 0. The van der Waals surface area contributed by atoms with Gasteiger partial charge in [0, 0.05) is 32.2 Å². The molecule has 4 unspecified atom stereocenters. The van der Waals surface area contributed by atoms with Crippen LogP contribution in [0.2, 0.25) is 0 Å². The second-order valence-electron chi connectivity index (χ2n) is 7.97. The first-order valence-corrected chi connectivity index (χ1v) is 10.3. The number of fused-ring (bicyclic) bond motifs is 2. The third kappa shape index (κ3) is 4.19. The summed E-state index contributed by atoms with van der Waals surface area (Å²) in [6, 6.07) is 0.589. The van der Waals surface area contributed by atoms with Gasteiger partial charge in [-0.25, -0.2) is 0 Å². The molecule has 4 rings (SSSR count). The Kier molecular flexibility index (Phi) is 5.72. The molecule has 2 saturated carbocycles. The van der Waals surface area contributed by atoms with Gasteiger partial charge >= 0.3 is 0 Å². The predicted octanol–water partition coefficient (Wildman–Crippen LogP) is 1.74. The summed E-state index contributed by atoms with van der Waals surface area (Å²) in [5.41, 5.74) is 0. The highest BCUT2D eigenvalue weighted by Crippen LogP contribution is 2.44. The fourth-order valence-corrected chi connectivity index (χ4v) is 4.77. The summed E-state index contributed by atoms with van der Waals surface area (Å²) in [4.78, 5) is 4.84. The van der Waals surface area contributed by atoms with Crippen LogP contribution in [0.25, 0.3) is 0 Å². The van der Waals surface area contributed by atoms with Crippen molar-refractivity contribution in [3.63, 3.8) is 0 Å². The van der Waals surface area contributed by atoms with Gasteiger partial charge in [0.05, 0.1) is 12.6 Å². The minimum absolute atomic E-state index is 0.290. The van der Waals surface area contributed by atoms with E-state index in [1.54, 1.807) is 0 Å². The highest BCUT2D eigenvalue weighted by atomic mass is 16.5. The summed E-state index contributed by atoms with van der Waals surface area (Å²) in [6.07, 6.45) is 10.8. The van der Waals surface area contributed by atoms with Crippen molar-refractivity contribution in [3.8, 4) is 0 Å². The Morgan fingerprint density at radius 3 is 3.04 bits per heavy atom. The number of ether oxygens (including phenoxy) is 1. The van der Waals surface area contributed by atoms with E-state index in [9.17, 15) is 0 Å². The quantitative estimate of drug-likeness (QED) is 0.572. The first-order valence-electron chi connectivity index (χ1n) is 10.3. The van der Waals surface area contributed by atoms with Crippen LogP contribution in [0.4, 0.5) is 0 Å². The van der Waals surface area contributed by atoms with Crippen molar-refractivity contribution in [2.75, 3.05) is 19.7 Å². The topological polar surface area (TPSA) is 76.4 Å². The molecule has 144 valence electrons. The number of nitrogens with one attached hydrogen (secondary N) is 2. The molecule has 0 radical (unpaired) electrons. The van der Waals surface area contributed by atoms with Crippen molar-refractivity contribution in [2.24, 2.45) is 16.8 Å². The van der Waals surface area contributed by atoms with E-state index in [0.29, 0.717) is 6.04 Å². The van der Waals surface area contributed by atoms with Gasteiger partial charge in [-0.2, -0.15) is 0 Å². The average Bonchev–Trinajstić information content (AvgIpc) is 3.44. The maximum absolute atomic E-state index is 5.73. The Hall–Kier alpha value is -1.63. The van der Waals surface area contributed by atoms with Gasteiger partial charge in [-0.15, -0.1) is 10.2 Å². The zero-order valence-electron chi connectivity index (χ0n) is 15.9. The van der Waals surface area contributed by atoms with Gasteiger partial charge in [-0.3, -0.25) is 4.99 Å². The Labute approximate surface area is 156 Å². The molecule has 0 aromatic carbocycles. The Balaban J connectivity index is 1.32. The van der Waals surface area contributed by atoms with Crippen LogP contribution in [0.15, 0.2) is 11.3 Å². The van der Waals surface area contributed by atoms with Crippen molar-refractivity contribution >= 4 is 5.96 Å². The van der Waals surface area contributed by atoms with Gasteiger partial charge in [0.2, 0.25) is 0 Å². The minimum Gasteiger partial charge on any atom is -0.376 e. The van der Waals surface area contributed by atoms with Crippen LogP contribution < -0.4 is 10.6 Å².